The van der Waals surface area contributed by atoms with Crippen LogP contribution in [0.1, 0.15) is 11.1 Å². The van der Waals surface area contributed by atoms with Gasteiger partial charge >= 0.3 is 0 Å². The molecule has 3 nitrogen and oxygen atoms in total. The maximum absolute atomic E-state index is 11.0. The van der Waals surface area contributed by atoms with Gasteiger partial charge in [-0.3, -0.25) is 4.55 Å². The van der Waals surface area contributed by atoms with E-state index in [9.17, 15) is 8.42 Å². The fourth-order valence-corrected chi connectivity index (χ4v) is 2.57. The van der Waals surface area contributed by atoms with E-state index in [1.165, 1.54) is 6.07 Å². The minimum Gasteiger partial charge on any atom is -0.282 e. The van der Waals surface area contributed by atoms with Crippen LogP contribution in [-0.4, -0.2) is 17.4 Å². The molecule has 1 aromatic carbocycles. The fraction of sp³-hybridized carbons (Fsp3) is 0.333. The summed E-state index contributed by atoms with van der Waals surface area (Å²) in [6.07, 6.45) is 0.650. The second kappa shape index (κ2) is 4.59. The average molecular weight is 326 g/mol. The third-order valence-electron chi connectivity index (χ3n) is 1.86. The molecule has 0 saturated heterocycles. The largest absolute Gasteiger partial charge is 0.294 e. The summed E-state index contributed by atoms with van der Waals surface area (Å²) in [5.74, 6) is 0. The first-order valence-electron chi connectivity index (χ1n) is 4.08. The van der Waals surface area contributed by atoms with Crippen molar-refractivity contribution in [3.8, 4) is 0 Å². The van der Waals surface area contributed by atoms with Gasteiger partial charge in [0.15, 0.2) is 0 Å². The third-order valence-corrected chi connectivity index (χ3v) is 3.35. The third kappa shape index (κ3) is 2.93. The first-order chi connectivity index (χ1) is 6.45. The first kappa shape index (κ1) is 11.9. The topological polar surface area (TPSA) is 54.4 Å². The van der Waals surface area contributed by atoms with Crippen molar-refractivity contribution in [1.82, 2.24) is 0 Å². The van der Waals surface area contributed by atoms with Crippen molar-refractivity contribution >= 4 is 32.7 Å². The predicted molar refractivity (Wildman–Crippen MR) is 63.6 cm³/mol. The Balaban J connectivity index is 3.29. The summed E-state index contributed by atoms with van der Waals surface area (Å²) in [6.45, 7) is 1.89. The zero-order chi connectivity index (χ0) is 10.8. The lowest BCUT2D eigenvalue weighted by molar-refractivity contribution is 0.482. The molecule has 0 aliphatic heterocycles. The summed E-state index contributed by atoms with van der Waals surface area (Å²) in [4.78, 5) is 0.0276. The second-order valence-corrected chi connectivity index (χ2v) is 5.49. The molecule has 0 heterocycles. The Morgan fingerprint density at radius 2 is 2.07 bits per heavy atom. The first-order valence-corrected chi connectivity index (χ1v) is 7.04. The maximum Gasteiger partial charge on any atom is 0.294 e. The van der Waals surface area contributed by atoms with Crippen LogP contribution in [-0.2, 0) is 16.5 Å². The molecule has 1 rings (SSSR count). The zero-order valence-electron chi connectivity index (χ0n) is 7.70. The summed E-state index contributed by atoms with van der Waals surface area (Å²) in [5, 5.41) is 0. The Hall–Kier alpha value is -0.140. The molecule has 0 saturated carbocycles. The van der Waals surface area contributed by atoms with Gasteiger partial charge in [0.1, 0.15) is 0 Å². The van der Waals surface area contributed by atoms with Gasteiger partial charge in [-0.2, -0.15) is 8.42 Å². The maximum atomic E-state index is 11.0. The van der Waals surface area contributed by atoms with Crippen LogP contribution in [0.15, 0.2) is 23.1 Å². The van der Waals surface area contributed by atoms with Crippen LogP contribution in [0.3, 0.4) is 0 Å². The quantitative estimate of drug-likeness (QED) is 0.526. The standard InChI is InChI=1S/C9H11IO3S/c1-7-2-3-9(14(11,12)13)8(6-7)4-5-10/h2-3,6H,4-5H2,1H3,(H,11,12,13). The molecular formula is C9H11IO3S. The molecule has 0 fully saturated rings. The molecular weight excluding hydrogens is 315 g/mol. The number of hydrogen-bond donors (Lipinski definition) is 1. The number of halogens is 1. The fourth-order valence-electron chi connectivity index (χ4n) is 1.26. The SMILES string of the molecule is Cc1ccc(S(=O)(=O)O)c(CCI)c1. The van der Waals surface area contributed by atoms with Gasteiger partial charge in [-0.25, -0.2) is 0 Å². The van der Waals surface area contributed by atoms with Gasteiger partial charge in [-0.15, -0.1) is 0 Å². The van der Waals surface area contributed by atoms with Gasteiger partial charge in [-0.05, 0) is 25.0 Å². The summed E-state index contributed by atoms with van der Waals surface area (Å²) >= 11 is 2.17. The number of alkyl halides is 1. The summed E-state index contributed by atoms with van der Waals surface area (Å²) in [5.41, 5.74) is 1.68. The normalized spacial score (nSPS) is 11.6. The molecule has 0 unspecified atom stereocenters. The number of benzene rings is 1. The Bertz CT molecular complexity index is 426. The van der Waals surface area contributed by atoms with Crippen LogP contribution in [0.2, 0.25) is 0 Å². The van der Waals surface area contributed by atoms with Crippen LogP contribution in [0, 0.1) is 6.92 Å². The molecule has 0 bridgehead atoms. The van der Waals surface area contributed by atoms with E-state index in [1.807, 2.05) is 6.92 Å². The molecule has 78 valence electrons. The highest BCUT2D eigenvalue weighted by Crippen LogP contribution is 2.18. The van der Waals surface area contributed by atoms with E-state index >= 15 is 0 Å². The van der Waals surface area contributed by atoms with Crippen LogP contribution in [0.25, 0.3) is 0 Å². The average Bonchev–Trinajstić information content (AvgIpc) is 2.02. The minimum atomic E-state index is -4.08. The van der Waals surface area contributed by atoms with Gasteiger partial charge in [0.2, 0.25) is 0 Å². The van der Waals surface area contributed by atoms with Crippen molar-refractivity contribution in [3.63, 3.8) is 0 Å². The van der Waals surface area contributed by atoms with E-state index in [0.29, 0.717) is 12.0 Å². The number of aryl methyl sites for hydroxylation is 2. The van der Waals surface area contributed by atoms with Gasteiger partial charge in [0.25, 0.3) is 10.1 Å². The molecule has 0 aliphatic rings. The van der Waals surface area contributed by atoms with E-state index in [0.717, 1.165) is 9.99 Å². The number of hydrogen-bond acceptors (Lipinski definition) is 2. The highest BCUT2D eigenvalue weighted by Gasteiger charge is 2.14. The molecule has 0 radical (unpaired) electrons. The molecule has 0 amide bonds. The van der Waals surface area contributed by atoms with Gasteiger partial charge in [0.05, 0.1) is 4.90 Å². The van der Waals surface area contributed by atoms with Crippen molar-refractivity contribution in [2.75, 3.05) is 4.43 Å². The van der Waals surface area contributed by atoms with Crippen molar-refractivity contribution in [2.45, 2.75) is 18.2 Å². The molecule has 0 aliphatic carbocycles. The summed E-state index contributed by atoms with van der Waals surface area (Å²) in [6, 6.07) is 4.92. The van der Waals surface area contributed by atoms with Gasteiger partial charge < -0.3 is 0 Å². The minimum absolute atomic E-state index is 0.0276. The van der Waals surface area contributed by atoms with E-state index in [1.54, 1.807) is 12.1 Å². The van der Waals surface area contributed by atoms with Crippen molar-refractivity contribution in [1.29, 1.82) is 0 Å². The monoisotopic (exact) mass is 326 g/mol. The van der Waals surface area contributed by atoms with Gasteiger partial charge in [-0.1, -0.05) is 40.3 Å². The van der Waals surface area contributed by atoms with Crippen LogP contribution < -0.4 is 0 Å². The Kier molecular flexibility index (Phi) is 3.91. The zero-order valence-corrected chi connectivity index (χ0v) is 10.7. The lowest BCUT2D eigenvalue weighted by Crippen LogP contribution is -2.04. The molecule has 14 heavy (non-hydrogen) atoms. The van der Waals surface area contributed by atoms with Crippen molar-refractivity contribution in [2.24, 2.45) is 0 Å². The van der Waals surface area contributed by atoms with Crippen LogP contribution in [0.4, 0.5) is 0 Å². The molecule has 1 N–H and O–H groups in total. The highest BCUT2D eigenvalue weighted by molar-refractivity contribution is 14.1. The van der Waals surface area contributed by atoms with Gasteiger partial charge in [0, 0.05) is 4.43 Å². The van der Waals surface area contributed by atoms with E-state index < -0.39 is 10.1 Å². The Labute approximate surface area is 97.4 Å². The highest BCUT2D eigenvalue weighted by atomic mass is 127. The van der Waals surface area contributed by atoms with Crippen molar-refractivity contribution in [3.05, 3.63) is 29.3 Å². The van der Waals surface area contributed by atoms with E-state index in [-0.39, 0.29) is 4.90 Å². The molecule has 0 aromatic heterocycles. The van der Waals surface area contributed by atoms with Crippen LogP contribution >= 0.6 is 22.6 Å². The predicted octanol–water partition coefficient (Wildman–Crippen LogP) is 2.22. The smallest absolute Gasteiger partial charge is 0.282 e. The molecule has 0 atom stereocenters. The summed E-state index contributed by atoms with van der Waals surface area (Å²) in [7, 11) is -4.08. The second-order valence-electron chi connectivity index (χ2n) is 3.03. The number of rotatable bonds is 3. The lowest BCUT2D eigenvalue weighted by atomic mass is 10.1. The van der Waals surface area contributed by atoms with Crippen LogP contribution in [0.5, 0.6) is 0 Å². The van der Waals surface area contributed by atoms with Crippen molar-refractivity contribution < 1.29 is 13.0 Å². The lowest BCUT2D eigenvalue weighted by Gasteiger charge is -2.06. The summed E-state index contributed by atoms with van der Waals surface area (Å²) < 4.78 is 31.8. The van der Waals surface area contributed by atoms with E-state index in [4.69, 9.17) is 4.55 Å². The molecule has 5 heteroatoms. The van der Waals surface area contributed by atoms with E-state index in [2.05, 4.69) is 22.6 Å². The molecule has 0 spiro atoms. The Morgan fingerprint density at radius 1 is 1.43 bits per heavy atom. The Morgan fingerprint density at radius 3 is 2.57 bits per heavy atom. The molecule has 1 aromatic rings.